The zero-order valence-electron chi connectivity index (χ0n) is 8.25. The Morgan fingerprint density at radius 3 is 2.86 bits per heavy atom. The highest BCUT2D eigenvalue weighted by Crippen LogP contribution is 2.08. The summed E-state index contributed by atoms with van der Waals surface area (Å²) in [5.74, 6) is -0.281. The van der Waals surface area contributed by atoms with Crippen molar-refractivity contribution in [3.8, 4) is 0 Å². The Labute approximate surface area is 82.4 Å². The van der Waals surface area contributed by atoms with E-state index < -0.39 is 5.82 Å². The molecule has 0 aliphatic heterocycles. The molecule has 0 unspecified atom stereocenters. The van der Waals surface area contributed by atoms with Gasteiger partial charge in [-0.1, -0.05) is 13.8 Å². The van der Waals surface area contributed by atoms with Crippen molar-refractivity contribution in [3.63, 3.8) is 0 Å². The van der Waals surface area contributed by atoms with Gasteiger partial charge < -0.3 is 5.32 Å². The number of carbonyl (C=O) groups excluding carboxylic acids is 1. The van der Waals surface area contributed by atoms with Gasteiger partial charge in [0.05, 0.1) is 18.1 Å². The second-order valence-electron chi connectivity index (χ2n) is 3.54. The fourth-order valence-corrected chi connectivity index (χ4v) is 1.06. The maximum absolute atomic E-state index is 12.7. The van der Waals surface area contributed by atoms with Crippen LogP contribution >= 0.6 is 0 Å². The highest BCUT2D eigenvalue weighted by molar-refractivity contribution is 5.90. The predicted molar refractivity (Wildman–Crippen MR) is 52.3 cm³/mol. The molecule has 76 valence electrons. The molecule has 0 bridgehead atoms. The molecule has 0 saturated carbocycles. The highest BCUT2D eigenvalue weighted by atomic mass is 19.1. The summed E-state index contributed by atoms with van der Waals surface area (Å²) < 4.78 is 12.7. The zero-order chi connectivity index (χ0) is 10.6. The molecule has 0 radical (unpaired) electrons. The third-order valence-corrected chi connectivity index (χ3v) is 1.58. The van der Waals surface area contributed by atoms with Crippen molar-refractivity contribution in [1.82, 2.24) is 4.98 Å². The standard InChI is InChI=1S/C10H13FN2O/c1-7(2)3-10(14)13-9-4-8(11)5-12-6-9/h4-7H,3H2,1-2H3,(H,13,14). The van der Waals surface area contributed by atoms with Gasteiger partial charge in [-0.25, -0.2) is 4.39 Å². The van der Waals surface area contributed by atoms with Crippen LogP contribution in [0, 0.1) is 11.7 Å². The van der Waals surface area contributed by atoms with Gasteiger partial charge in [-0.05, 0) is 5.92 Å². The van der Waals surface area contributed by atoms with Crippen LogP contribution in [0.3, 0.4) is 0 Å². The lowest BCUT2D eigenvalue weighted by atomic mass is 10.1. The number of hydrogen-bond donors (Lipinski definition) is 1. The number of amides is 1. The highest BCUT2D eigenvalue weighted by Gasteiger charge is 2.05. The van der Waals surface area contributed by atoms with Gasteiger partial charge in [0.2, 0.25) is 5.91 Å². The number of hydrogen-bond acceptors (Lipinski definition) is 2. The molecule has 4 heteroatoms. The summed E-state index contributed by atoms with van der Waals surface area (Å²) in [5, 5.41) is 2.57. The van der Waals surface area contributed by atoms with Crippen molar-refractivity contribution in [1.29, 1.82) is 0 Å². The molecule has 1 N–H and O–H groups in total. The second kappa shape index (κ2) is 4.69. The van der Waals surface area contributed by atoms with E-state index >= 15 is 0 Å². The average Bonchev–Trinajstić information content (AvgIpc) is 2.01. The lowest BCUT2D eigenvalue weighted by molar-refractivity contribution is -0.116. The summed E-state index contributed by atoms with van der Waals surface area (Å²) in [4.78, 5) is 14.9. The van der Waals surface area contributed by atoms with E-state index in [9.17, 15) is 9.18 Å². The number of pyridine rings is 1. The van der Waals surface area contributed by atoms with Gasteiger partial charge in [0.25, 0.3) is 0 Å². The van der Waals surface area contributed by atoms with Crippen LogP contribution in [0.25, 0.3) is 0 Å². The van der Waals surface area contributed by atoms with Crippen molar-refractivity contribution < 1.29 is 9.18 Å². The van der Waals surface area contributed by atoms with E-state index in [-0.39, 0.29) is 11.8 Å². The Balaban J connectivity index is 2.56. The van der Waals surface area contributed by atoms with Crippen LogP contribution in [0.5, 0.6) is 0 Å². The number of halogens is 1. The summed E-state index contributed by atoms with van der Waals surface area (Å²) in [6.45, 7) is 3.90. The molecule has 14 heavy (non-hydrogen) atoms. The SMILES string of the molecule is CC(C)CC(=O)Nc1cncc(F)c1. The van der Waals surface area contributed by atoms with Gasteiger partial charge in [-0.2, -0.15) is 0 Å². The Morgan fingerprint density at radius 2 is 2.29 bits per heavy atom. The number of rotatable bonds is 3. The lowest BCUT2D eigenvalue weighted by Gasteiger charge is -2.06. The minimum atomic E-state index is -0.452. The molecule has 1 heterocycles. The number of nitrogens with one attached hydrogen (secondary N) is 1. The second-order valence-corrected chi connectivity index (χ2v) is 3.54. The van der Waals surface area contributed by atoms with E-state index in [0.717, 1.165) is 6.20 Å². The van der Waals surface area contributed by atoms with Gasteiger partial charge in [0.1, 0.15) is 5.82 Å². The summed E-state index contributed by atoms with van der Waals surface area (Å²) in [7, 11) is 0. The largest absolute Gasteiger partial charge is 0.325 e. The third kappa shape index (κ3) is 3.51. The predicted octanol–water partition coefficient (Wildman–Crippen LogP) is 2.21. The molecule has 1 aromatic heterocycles. The Bertz CT molecular complexity index is 326. The van der Waals surface area contributed by atoms with Crippen LogP contribution < -0.4 is 5.32 Å². The Morgan fingerprint density at radius 1 is 1.57 bits per heavy atom. The minimum absolute atomic E-state index is 0.118. The fourth-order valence-electron chi connectivity index (χ4n) is 1.06. The number of aromatic nitrogens is 1. The van der Waals surface area contributed by atoms with Crippen LogP contribution in [0.1, 0.15) is 20.3 Å². The smallest absolute Gasteiger partial charge is 0.224 e. The van der Waals surface area contributed by atoms with E-state index in [1.807, 2.05) is 13.8 Å². The maximum atomic E-state index is 12.7. The fraction of sp³-hybridized carbons (Fsp3) is 0.400. The normalized spacial score (nSPS) is 10.3. The topological polar surface area (TPSA) is 42.0 Å². The van der Waals surface area contributed by atoms with Crippen molar-refractivity contribution in [3.05, 3.63) is 24.3 Å². The third-order valence-electron chi connectivity index (χ3n) is 1.58. The first-order chi connectivity index (χ1) is 6.58. The molecule has 0 saturated heterocycles. The van der Waals surface area contributed by atoms with Crippen LogP contribution in [-0.2, 0) is 4.79 Å². The molecule has 0 aliphatic carbocycles. The maximum Gasteiger partial charge on any atom is 0.224 e. The van der Waals surface area contributed by atoms with E-state index in [0.29, 0.717) is 12.1 Å². The van der Waals surface area contributed by atoms with Gasteiger partial charge in [-0.3, -0.25) is 9.78 Å². The van der Waals surface area contributed by atoms with Gasteiger partial charge >= 0.3 is 0 Å². The number of nitrogens with zero attached hydrogens (tertiary/aromatic N) is 1. The molecule has 0 aromatic carbocycles. The minimum Gasteiger partial charge on any atom is -0.325 e. The summed E-state index contributed by atoms with van der Waals surface area (Å²) >= 11 is 0. The monoisotopic (exact) mass is 196 g/mol. The molecule has 0 fully saturated rings. The molecular formula is C10H13FN2O. The van der Waals surface area contributed by atoms with Crippen LogP contribution in [0.4, 0.5) is 10.1 Å². The zero-order valence-corrected chi connectivity index (χ0v) is 8.25. The Hall–Kier alpha value is -1.45. The van der Waals surface area contributed by atoms with E-state index in [4.69, 9.17) is 0 Å². The quantitative estimate of drug-likeness (QED) is 0.805. The molecule has 0 spiro atoms. The van der Waals surface area contributed by atoms with Crippen molar-refractivity contribution in [2.24, 2.45) is 5.92 Å². The average molecular weight is 196 g/mol. The summed E-state index contributed by atoms with van der Waals surface area (Å²) in [5.41, 5.74) is 0.399. The molecule has 3 nitrogen and oxygen atoms in total. The van der Waals surface area contributed by atoms with Crippen LogP contribution in [0.2, 0.25) is 0 Å². The Kier molecular flexibility index (Phi) is 3.56. The van der Waals surface area contributed by atoms with Crippen molar-refractivity contribution in [2.45, 2.75) is 20.3 Å². The molecule has 1 rings (SSSR count). The molecule has 1 aromatic rings. The summed E-state index contributed by atoms with van der Waals surface area (Å²) in [6.07, 6.45) is 2.94. The van der Waals surface area contributed by atoms with Gasteiger partial charge in [-0.15, -0.1) is 0 Å². The first kappa shape index (κ1) is 10.6. The van der Waals surface area contributed by atoms with E-state index in [2.05, 4.69) is 10.3 Å². The lowest BCUT2D eigenvalue weighted by Crippen LogP contribution is -2.14. The van der Waals surface area contributed by atoms with Crippen LogP contribution in [-0.4, -0.2) is 10.9 Å². The van der Waals surface area contributed by atoms with Gasteiger partial charge in [0, 0.05) is 12.5 Å². The molecule has 0 aliphatic rings. The summed E-state index contributed by atoms with van der Waals surface area (Å²) in [6, 6.07) is 1.24. The van der Waals surface area contributed by atoms with Crippen LogP contribution in [0.15, 0.2) is 18.5 Å². The van der Waals surface area contributed by atoms with Gasteiger partial charge in [0.15, 0.2) is 0 Å². The molecular weight excluding hydrogens is 183 g/mol. The first-order valence-electron chi connectivity index (χ1n) is 4.48. The molecule has 0 atom stereocenters. The molecule has 1 amide bonds. The number of carbonyl (C=O) groups is 1. The van der Waals surface area contributed by atoms with Crippen molar-refractivity contribution >= 4 is 11.6 Å². The van der Waals surface area contributed by atoms with Crippen molar-refractivity contribution in [2.75, 3.05) is 5.32 Å². The number of anilines is 1. The van der Waals surface area contributed by atoms with E-state index in [1.54, 1.807) is 0 Å². The van der Waals surface area contributed by atoms with E-state index in [1.165, 1.54) is 12.3 Å². The first-order valence-corrected chi connectivity index (χ1v) is 4.48.